The van der Waals surface area contributed by atoms with Crippen LogP contribution in [0.1, 0.15) is 60.2 Å². The van der Waals surface area contributed by atoms with Crippen LogP contribution in [0.3, 0.4) is 0 Å². The summed E-state index contributed by atoms with van der Waals surface area (Å²) in [7, 11) is -1.13. The van der Waals surface area contributed by atoms with Crippen molar-refractivity contribution in [3.05, 3.63) is 77.4 Å². The van der Waals surface area contributed by atoms with E-state index in [1.807, 2.05) is 42.1 Å². The molecule has 2 fully saturated rings. The van der Waals surface area contributed by atoms with Crippen molar-refractivity contribution in [2.24, 2.45) is 17.8 Å². The molecular formula is C34H45N7O2Si. The van der Waals surface area contributed by atoms with Gasteiger partial charge in [-0.05, 0) is 92.7 Å². The van der Waals surface area contributed by atoms with E-state index in [2.05, 4.69) is 59.2 Å². The first-order chi connectivity index (χ1) is 21.2. The Kier molecular flexibility index (Phi) is 8.82. The highest BCUT2D eigenvalue weighted by molar-refractivity contribution is 6.76. The minimum absolute atomic E-state index is 0.0240. The number of nitrogens with one attached hydrogen (secondary N) is 2. The Balaban J connectivity index is 1.16. The van der Waals surface area contributed by atoms with Gasteiger partial charge < -0.3 is 10.1 Å². The Morgan fingerprint density at radius 3 is 2.45 bits per heavy atom. The summed E-state index contributed by atoms with van der Waals surface area (Å²) in [5, 5.41) is 15.7. The van der Waals surface area contributed by atoms with Crippen molar-refractivity contribution in [3.8, 4) is 11.1 Å². The topological polar surface area (TPSA) is 111 Å². The summed E-state index contributed by atoms with van der Waals surface area (Å²) in [6.07, 6.45) is 8.94. The maximum absolute atomic E-state index is 14.0. The molecule has 4 aromatic rings. The third-order valence-electron chi connectivity index (χ3n) is 8.95. The standard InChI is InChI=1S/C34H45N7O2Si/c1-22-30(23(2)41(40-22)21-43-17-18-44(3,4)5)25-12-14-28(15-13-25)36-34(42)32(31(26-8-9-26)27-10-11-27)33-37-29(38-39-33)19-24-7-6-16-35-20-24/h6-7,12-16,20,26-27,31-32H,8-11,17-19,21H2,1-5H3,(H,36,42)(H,37,38,39). The lowest BCUT2D eigenvalue weighted by molar-refractivity contribution is -0.119. The van der Waals surface area contributed by atoms with Crippen LogP contribution in [-0.4, -0.2) is 50.5 Å². The first-order valence-corrected chi connectivity index (χ1v) is 19.7. The van der Waals surface area contributed by atoms with Gasteiger partial charge in [-0.3, -0.25) is 14.9 Å². The fourth-order valence-corrected chi connectivity index (χ4v) is 7.05. The van der Waals surface area contributed by atoms with Crippen molar-refractivity contribution < 1.29 is 9.53 Å². The maximum atomic E-state index is 14.0. The maximum Gasteiger partial charge on any atom is 0.235 e. The van der Waals surface area contributed by atoms with Crippen molar-refractivity contribution >= 4 is 19.7 Å². The zero-order chi connectivity index (χ0) is 30.8. The number of H-pyrrole nitrogens is 1. The molecule has 9 nitrogen and oxygen atoms in total. The number of rotatable bonds is 14. The molecule has 10 heteroatoms. The fraction of sp³-hybridized carbons (Fsp3) is 0.500. The smallest absolute Gasteiger partial charge is 0.235 e. The van der Waals surface area contributed by atoms with E-state index in [1.165, 1.54) is 25.7 Å². The third-order valence-corrected chi connectivity index (χ3v) is 10.7. The summed E-state index contributed by atoms with van der Waals surface area (Å²) in [5.41, 5.74) is 6.07. The SMILES string of the molecule is Cc1nn(COCC[Si](C)(C)C)c(C)c1-c1ccc(NC(=O)C(c2n[nH]c(Cc3cccnc3)n2)C(C2CC2)C2CC2)cc1. The number of anilines is 1. The van der Waals surface area contributed by atoms with E-state index in [-0.39, 0.29) is 17.7 Å². The molecular weight excluding hydrogens is 567 g/mol. The van der Waals surface area contributed by atoms with Crippen LogP contribution in [0, 0.1) is 31.6 Å². The molecule has 2 aliphatic carbocycles. The van der Waals surface area contributed by atoms with Crippen molar-refractivity contribution in [3.63, 3.8) is 0 Å². The van der Waals surface area contributed by atoms with Gasteiger partial charge in [-0.15, -0.1) is 0 Å². The van der Waals surface area contributed by atoms with Crippen LogP contribution in [-0.2, 0) is 22.7 Å². The summed E-state index contributed by atoms with van der Waals surface area (Å²) >= 11 is 0. The van der Waals surface area contributed by atoms with Crippen molar-refractivity contribution in [1.29, 1.82) is 0 Å². The lowest BCUT2D eigenvalue weighted by Crippen LogP contribution is -2.31. The molecule has 2 saturated carbocycles. The number of amides is 1. The van der Waals surface area contributed by atoms with E-state index < -0.39 is 8.07 Å². The average Bonchev–Trinajstić information content (AvgIpc) is 3.93. The zero-order valence-corrected chi connectivity index (χ0v) is 27.6. The van der Waals surface area contributed by atoms with Crippen LogP contribution in [0.5, 0.6) is 0 Å². The first kappa shape index (κ1) is 30.4. The minimum atomic E-state index is -1.13. The van der Waals surface area contributed by atoms with Gasteiger partial charge in [-0.2, -0.15) is 10.2 Å². The number of aromatic amines is 1. The second-order valence-electron chi connectivity index (χ2n) is 13.9. The summed E-state index contributed by atoms with van der Waals surface area (Å²) < 4.78 is 7.92. The average molecular weight is 612 g/mol. The summed E-state index contributed by atoms with van der Waals surface area (Å²) in [5.74, 6) is 2.38. The largest absolute Gasteiger partial charge is 0.360 e. The van der Waals surface area contributed by atoms with Gasteiger partial charge >= 0.3 is 0 Å². The van der Waals surface area contributed by atoms with Crippen molar-refractivity contribution in [2.45, 2.75) is 84.3 Å². The Bertz CT molecular complexity index is 1560. The van der Waals surface area contributed by atoms with Crippen LogP contribution in [0.4, 0.5) is 5.69 Å². The summed E-state index contributed by atoms with van der Waals surface area (Å²) in [4.78, 5) is 23.1. The molecule has 232 valence electrons. The van der Waals surface area contributed by atoms with Gasteiger partial charge in [-0.25, -0.2) is 9.67 Å². The molecule has 0 radical (unpaired) electrons. The van der Waals surface area contributed by atoms with Gasteiger partial charge in [0.1, 0.15) is 18.5 Å². The normalized spacial score (nSPS) is 16.0. The number of hydrogen-bond donors (Lipinski definition) is 2. The number of benzene rings is 1. The highest BCUT2D eigenvalue weighted by Crippen LogP contribution is 2.54. The van der Waals surface area contributed by atoms with Gasteiger partial charge in [0.2, 0.25) is 5.91 Å². The molecule has 1 amide bonds. The van der Waals surface area contributed by atoms with Gasteiger partial charge in [0.25, 0.3) is 0 Å². The summed E-state index contributed by atoms with van der Waals surface area (Å²) in [6.45, 7) is 12.4. The molecule has 3 aromatic heterocycles. The first-order valence-electron chi connectivity index (χ1n) is 16.0. The molecule has 1 unspecified atom stereocenters. The molecule has 0 bridgehead atoms. The molecule has 0 aliphatic heterocycles. The predicted octanol–water partition coefficient (Wildman–Crippen LogP) is 6.74. The van der Waals surface area contributed by atoms with E-state index in [9.17, 15) is 4.79 Å². The zero-order valence-electron chi connectivity index (χ0n) is 26.6. The van der Waals surface area contributed by atoms with Crippen molar-refractivity contribution in [1.82, 2.24) is 29.9 Å². The van der Waals surface area contributed by atoms with Crippen LogP contribution >= 0.6 is 0 Å². The second kappa shape index (κ2) is 12.8. The van der Waals surface area contributed by atoms with Crippen molar-refractivity contribution in [2.75, 3.05) is 11.9 Å². The van der Waals surface area contributed by atoms with E-state index in [0.717, 1.165) is 52.2 Å². The van der Waals surface area contributed by atoms with Crippen LogP contribution in [0.25, 0.3) is 11.1 Å². The van der Waals surface area contributed by atoms with E-state index in [1.54, 1.807) is 6.20 Å². The second-order valence-corrected chi connectivity index (χ2v) is 19.5. The van der Waals surface area contributed by atoms with Gasteiger partial charge in [0.05, 0.1) is 5.69 Å². The number of aromatic nitrogens is 6. The molecule has 1 atom stereocenters. The number of pyridine rings is 1. The monoisotopic (exact) mass is 611 g/mol. The Morgan fingerprint density at radius 2 is 1.82 bits per heavy atom. The van der Waals surface area contributed by atoms with E-state index in [0.29, 0.717) is 30.8 Å². The fourth-order valence-electron chi connectivity index (χ4n) is 6.29. The quantitative estimate of drug-likeness (QED) is 0.121. The molecule has 2 N–H and O–H groups in total. The molecule has 44 heavy (non-hydrogen) atoms. The lowest BCUT2D eigenvalue weighted by atomic mass is 9.82. The van der Waals surface area contributed by atoms with E-state index in [4.69, 9.17) is 14.8 Å². The Labute approximate surface area is 261 Å². The van der Waals surface area contributed by atoms with Gasteiger partial charge in [0, 0.05) is 50.4 Å². The highest BCUT2D eigenvalue weighted by Gasteiger charge is 2.49. The third kappa shape index (κ3) is 7.35. The molecule has 1 aromatic carbocycles. The number of nitrogens with zero attached hydrogens (tertiary/aromatic N) is 5. The molecule has 2 aliphatic rings. The van der Waals surface area contributed by atoms with Crippen LogP contribution in [0.2, 0.25) is 25.7 Å². The van der Waals surface area contributed by atoms with E-state index >= 15 is 0 Å². The van der Waals surface area contributed by atoms with Gasteiger partial charge in [-0.1, -0.05) is 37.8 Å². The van der Waals surface area contributed by atoms with Crippen LogP contribution < -0.4 is 5.32 Å². The summed E-state index contributed by atoms with van der Waals surface area (Å²) in [6, 6.07) is 13.2. The number of carbonyl (C=O) groups excluding carboxylic acids is 1. The predicted molar refractivity (Wildman–Crippen MR) is 175 cm³/mol. The number of carbonyl (C=O) groups is 1. The highest BCUT2D eigenvalue weighted by atomic mass is 28.3. The molecule has 6 rings (SSSR count). The lowest BCUT2D eigenvalue weighted by Gasteiger charge is -2.24. The Hall–Kier alpha value is -3.63. The molecule has 0 saturated heterocycles. The van der Waals surface area contributed by atoms with Crippen LogP contribution in [0.15, 0.2) is 48.8 Å². The number of hydrogen-bond acceptors (Lipinski definition) is 6. The number of ether oxygens (including phenoxy) is 1. The number of aryl methyl sites for hydroxylation is 1. The minimum Gasteiger partial charge on any atom is -0.360 e. The Morgan fingerprint density at radius 1 is 1.09 bits per heavy atom. The van der Waals surface area contributed by atoms with Gasteiger partial charge in [0.15, 0.2) is 5.82 Å². The molecule has 0 spiro atoms. The molecule has 3 heterocycles.